The predicted molar refractivity (Wildman–Crippen MR) is 90.8 cm³/mol. The van der Waals surface area contributed by atoms with E-state index >= 15 is 0 Å². The van der Waals surface area contributed by atoms with Crippen LogP contribution in [0.2, 0.25) is 0 Å². The maximum absolute atomic E-state index is 13.1. The van der Waals surface area contributed by atoms with Crippen molar-refractivity contribution in [2.45, 2.75) is 24.5 Å². The van der Waals surface area contributed by atoms with Crippen LogP contribution in [0.25, 0.3) is 0 Å². The number of hydrogen-bond donors (Lipinski definition) is 1. The third-order valence-electron chi connectivity index (χ3n) is 4.03. The average Bonchev–Trinajstić information content (AvgIpc) is 2.67. The Labute approximate surface area is 145 Å². The van der Waals surface area contributed by atoms with Gasteiger partial charge in [0.2, 0.25) is 0 Å². The molecule has 0 saturated carbocycles. The number of benzene rings is 2. The third-order valence-corrected chi connectivity index (χ3v) is 5.94. The van der Waals surface area contributed by atoms with Crippen LogP contribution in [0, 0.1) is 0 Å². The highest BCUT2D eigenvalue weighted by Gasteiger charge is 2.49. The quantitative estimate of drug-likeness (QED) is 0.661. The van der Waals surface area contributed by atoms with Crippen LogP contribution in [0.15, 0.2) is 60.7 Å². The number of ether oxygens (including phenoxy) is 1. The SMILES string of the molecule is COC(=O)[C@H](O)P1(=O)O[C@@H](c2ccccc2)C[C@H](c2ccccc2)O1. The number of hydrogen-bond acceptors (Lipinski definition) is 6. The molecule has 0 spiro atoms. The fourth-order valence-corrected chi connectivity index (χ4v) is 4.51. The smallest absolute Gasteiger partial charge is 0.371 e. The third kappa shape index (κ3) is 3.83. The first-order valence-electron chi connectivity index (χ1n) is 7.86. The molecule has 0 unspecified atom stereocenters. The number of aliphatic hydroxyl groups excluding tert-OH is 1. The molecule has 1 N–H and O–H groups in total. The molecule has 3 rings (SSSR count). The maximum Gasteiger partial charge on any atom is 0.371 e. The number of carbonyl (C=O) groups is 1. The summed E-state index contributed by atoms with van der Waals surface area (Å²) in [5.41, 5.74) is 1.59. The van der Waals surface area contributed by atoms with Gasteiger partial charge in [0, 0.05) is 6.42 Å². The molecular weight excluding hydrogens is 343 g/mol. The molecule has 2 aromatic rings. The zero-order chi connectivity index (χ0) is 17.9. The molecule has 2 aromatic carbocycles. The molecule has 1 saturated heterocycles. The summed E-state index contributed by atoms with van der Waals surface area (Å²) in [7, 11) is -3.04. The van der Waals surface area contributed by atoms with E-state index in [-0.39, 0.29) is 0 Å². The van der Waals surface area contributed by atoms with Gasteiger partial charge in [-0.1, -0.05) is 60.7 Å². The molecule has 6 nitrogen and oxygen atoms in total. The highest BCUT2D eigenvalue weighted by molar-refractivity contribution is 7.55. The van der Waals surface area contributed by atoms with Gasteiger partial charge in [0.05, 0.1) is 19.3 Å². The van der Waals surface area contributed by atoms with E-state index in [1.165, 1.54) is 0 Å². The lowest BCUT2D eigenvalue weighted by Gasteiger charge is -2.36. The molecule has 0 radical (unpaired) electrons. The maximum atomic E-state index is 13.1. The van der Waals surface area contributed by atoms with E-state index in [0.29, 0.717) is 6.42 Å². The molecule has 1 aliphatic rings. The molecule has 1 heterocycles. The van der Waals surface area contributed by atoms with E-state index in [4.69, 9.17) is 9.05 Å². The zero-order valence-corrected chi connectivity index (χ0v) is 14.5. The van der Waals surface area contributed by atoms with Gasteiger partial charge < -0.3 is 9.84 Å². The minimum atomic E-state index is -4.14. The van der Waals surface area contributed by atoms with Crippen LogP contribution in [0.5, 0.6) is 0 Å². The van der Waals surface area contributed by atoms with Crippen molar-refractivity contribution in [1.82, 2.24) is 0 Å². The molecule has 3 atom stereocenters. The second-order valence-electron chi connectivity index (χ2n) is 5.68. The lowest BCUT2D eigenvalue weighted by atomic mass is 9.99. The van der Waals surface area contributed by atoms with Crippen molar-refractivity contribution in [2.75, 3.05) is 7.11 Å². The van der Waals surface area contributed by atoms with Crippen LogP contribution in [0.4, 0.5) is 0 Å². The lowest BCUT2D eigenvalue weighted by Crippen LogP contribution is -2.29. The van der Waals surface area contributed by atoms with E-state index in [1.807, 2.05) is 60.7 Å². The van der Waals surface area contributed by atoms with Gasteiger partial charge in [0.25, 0.3) is 5.85 Å². The molecule has 0 amide bonds. The van der Waals surface area contributed by atoms with E-state index in [2.05, 4.69) is 4.74 Å². The molecule has 7 heteroatoms. The first kappa shape index (κ1) is 17.8. The van der Waals surface area contributed by atoms with Crippen molar-refractivity contribution < 1.29 is 28.3 Å². The largest absolute Gasteiger partial charge is 0.467 e. The number of methoxy groups -OCH3 is 1. The van der Waals surface area contributed by atoms with Gasteiger partial charge in [-0.25, -0.2) is 4.79 Å². The van der Waals surface area contributed by atoms with Crippen LogP contribution < -0.4 is 0 Å². The van der Waals surface area contributed by atoms with Gasteiger partial charge in [-0.2, -0.15) is 0 Å². The number of esters is 1. The predicted octanol–water partition coefficient (Wildman–Crippen LogP) is 3.59. The summed E-state index contributed by atoms with van der Waals surface area (Å²) >= 11 is 0. The van der Waals surface area contributed by atoms with Gasteiger partial charge in [0.15, 0.2) is 0 Å². The summed E-state index contributed by atoms with van der Waals surface area (Å²) in [5.74, 6) is -3.04. The normalized spacial score (nSPS) is 27.4. The molecule has 0 aliphatic carbocycles. The van der Waals surface area contributed by atoms with Crippen molar-refractivity contribution in [3.05, 3.63) is 71.8 Å². The fourth-order valence-electron chi connectivity index (χ4n) is 2.74. The average molecular weight is 362 g/mol. The highest BCUT2D eigenvalue weighted by Crippen LogP contribution is 2.63. The Morgan fingerprint density at radius 1 is 1.04 bits per heavy atom. The number of carbonyl (C=O) groups excluding carboxylic acids is 1. The minimum absolute atomic E-state index is 0.409. The Balaban J connectivity index is 1.96. The van der Waals surface area contributed by atoms with Crippen LogP contribution in [-0.4, -0.2) is 24.0 Å². The van der Waals surface area contributed by atoms with Crippen molar-refractivity contribution in [1.29, 1.82) is 0 Å². The first-order chi connectivity index (χ1) is 12.0. The topological polar surface area (TPSA) is 82.1 Å². The van der Waals surface area contributed by atoms with Crippen LogP contribution in [0.1, 0.15) is 29.8 Å². The fraction of sp³-hybridized carbons (Fsp3) is 0.278. The van der Waals surface area contributed by atoms with Crippen LogP contribution in [-0.2, 0) is 23.1 Å². The summed E-state index contributed by atoms with van der Waals surface area (Å²) in [4.78, 5) is 11.7. The Hall–Kier alpha value is -1.98. The van der Waals surface area contributed by atoms with Crippen molar-refractivity contribution in [3.63, 3.8) is 0 Å². The Morgan fingerprint density at radius 3 is 1.88 bits per heavy atom. The van der Waals surface area contributed by atoms with Gasteiger partial charge >= 0.3 is 13.6 Å². The Bertz CT molecular complexity index is 712. The first-order valence-corrected chi connectivity index (χ1v) is 9.47. The molecule has 0 bridgehead atoms. The van der Waals surface area contributed by atoms with Crippen LogP contribution in [0.3, 0.4) is 0 Å². The Morgan fingerprint density at radius 2 is 1.48 bits per heavy atom. The molecule has 25 heavy (non-hydrogen) atoms. The van der Waals surface area contributed by atoms with Crippen LogP contribution >= 0.6 is 7.60 Å². The second kappa shape index (κ2) is 7.50. The summed E-state index contributed by atoms with van der Waals surface area (Å²) in [6.07, 6.45) is -0.748. The number of aliphatic hydroxyl groups is 1. The second-order valence-corrected chi connectivity index (χ2v) is 7.67. The standard InChI is InChI=1S/C18H19O6P/c1-22-17(19)18(20)25(21)23-15(13-8-4-2-5-9-13)12-16(24-25)14-10-6-3-7-11-14/h2-11,15-16,18,20H,12H2,1H3/t15-,16-,18-/m1/s1. The van der Waals surface area contributed by atoms with Gasteiger partial charge in [-0.05, 0) is 11.1 Å². The summed E-state index contributed by atoms with van der Waals surface area (Å²) in [5, 5.41) is 10.1. The van der Waals surface area contributed by atoms with Crippen molar-refractivity contribution in [3.8, 4) is 0 Å². The van der Waals surface area contributed by atoms with Gasteiger partial charge in [0.1, 0.15) is 0 Å². The Kier molecular flexibility index (Phi) is 5.35. The molecular formula is C18H19O6P. The minimum Gasteiger partial charge on any atom is -0.467 e. The summed E-state index contributed by atoms with van der Waals surface area (Å²) in [6.45, 7) is 0. The molecule has 1 fully saturated rings. The summed E-state index contributed by atoms with van der Waals surface area (Å²) in [6, 6.07) is 18.4. The molecule has 0 aromatic heterocycles. The van der Waals surface area contributed by atoms with E-state index < -0.39 is 31.6 Å². The summed E-state index contributed by atoms with van der Waals surface area (Å²) < 4.78 is 28.8. The van der Waals surface area contributed by atoms with E-state index in [0.717, 1.165) is 18.2 Å². The molecule has 1 aliphatic heterocycles. The van der Waals surface area contributed by atoms with E-state index in [1.54, 1.807) is 0 Å². The molecule has 132 valence electrons. The lowest BCUT2D eigenvalue weighted by molar-refractivity contribution is -0.147. The number of rotatable bonds is 4. The zero-order valence-electron chi connectivity index (χ0n) is 13.6. The monoisotopic (exact) mass is 362 g/mol. The van der Waals surface area contributed by atoms with Crippen molar-refractivity contribution >= 4 is 13.6 Å². The highest BCUT2D eigenvalue weighted by atomic mass is 31.2. The van der Waals surface area contributed by atoms with E-state index in [9.17, 15) is 14.5 Å². The van der Waals surface area contributed by atoms with Crippen molar-refractivity contribution in [2.24, 2.45) is 0 Å². The van der Waals surface area contributed by atoms with Gasteiger partial charge in [-0.3, -0.25) is 13.6 Å². The van der Waals surface area contributed by atoms with Gasteiger partial charge in [-0.15, -0.1) is 0 Å².